The van der Waals surface area contributed by atoms with E-state index in [4.69, 9.17) is 9.47 Å². The summed E-state index contributed by atoms with van der Waals surface area (Å²) in [5, 5.41) is 4.11. The molecule has 0 spiro atoms. The van der Waals surface area contributed by atoms with Gasteiger partial charge in [-0.15, -0.1) is 0 Å². The zero-order valence-electron chi connectivity index (χ0n) is 18.6. The van der Waals surface area contributed by atoms with E-state index in [1.165, 1.54) is 32.4 Å². The van der Waals surface area contributed by atoms with E-state index in [2.05, 4.69) is 10.5 Å². The largest absolute Gasteiger partial charge is 0.497 e. The molecule has 0 radical (unpaired) electrons. The second-order valence-electron chi connectivity index (χ2n) is 6.96. The van der Waals surface area contributed by atoms with Crippen molar-refractivity contribution in [3.63, 3.8) is 0 Å². The average Bonchev–Trinajstić information content (AvgIpc) is 2.86. The van der Waals surface area contributed by atoms with E-state index >= 15 is 0 Å². The standard InChI is InChI=1S/C24H25N3O5S/c1-18(19-10-6-4-7-11-19)25-26-24(28)17-27(33(29,30)21-12-8-5-9-13-21)22-16-20(31-2)14-15-23(22)32-3/h4-16H,17H2,1-3H3,(H,26,28)/b25-18-. The van der Waals surface area contributed by atoms with Crippen LogP contribution in [0.2, 0.25) is 0 Å². The molecule has 8 nitrogen and oxygen atoms in total. The summed E-state index contributed by atoms with van der Waals surface area (Å²) in [7, 11) is -1.22. The van der Waals surface area contributed by atoms with Gasteiger partial charge in [0.2, 0.25) is 0 Å². The van der Waals surface area contributed by atoms with Crippen molar-refractivity contribution in [2.45, 2.75) is 11.8 Å². The van der Waals surface area contributed by atoms with Crippen molar-refractivity contribution in [2.75, 3.05) is 25.1 Å². The Balaban J connectivity index is 1.97. The summed E-state index contributed by atoms with van der Waals surface area (Å²) in [6.45, 7) is 1.23. The van der Waals surface area contributed by atoms with Gasteiger partial charge in [0, 0.05) is 6.07 Å². The number of methoxy groups -OCH3 is 2. The van der Waals surface area contributed by atoms with Gasteiger partial charge in [-0.1, -0.05) is 48.5 Å². The molecule has 3 aromatic carbocycles. The van der Waals surface area contributed by atoms with Gasteiger partial charge in [0.1, 0.15) is 18.0 Å². The molecule has 9 heteroatoms. The van der Waals surface area contributed by atoms with Gasteiger partial charge in [-0.25, -0.2) is 13.8 Å². The molecular formula is C24H25N3O5S. The predicted octanol–water partition coefficient (Wildman–Crippen LogP) is 3.44. The van der Waals surface area contributed by atoms with Crippen LogP contribution in [0.4, 0.5) is 5.69 Å². The molecule has 0 aliphatic carbocycles. The fourth-order valence-electron chi connectivity index (χ4n) is 3.07. The SMILES string of the molecule is COc1ccc(OC)c(N(CC(=O)N/N=C(/C)c2ccccc2)S(=O)(=O)c2ccccc2)c1. The molecule has 0 saturated heterocycles. The molecule has 1 N–H and O–H groups in total. The quantitative estimate of drug-likeness (QED) is 0.384. The number of anilines is 1. The van der Waals surface area contributed by atoms with Gasteiger partial charge < -0.3 is 9.47 Å². The number of nitrogens with zero attached hydrogens (tertiary/aromatic N) is 2. The Morgan fingerprint density at radius 1 is 0.939 bits per heavy atom. The van der Waals surface area contributed by atoms with Crippen LogP contribution in [0.5, 0.6) is 11.5 Å². The maximum Gasteiger partial charge on any atom is 0.264 e. The fraction of sp³-hybridized carbons (Fsp3) is 0.167. The van der Waals surface area contributed by atoms with Gasteiger partial charge in [-0.3, -0.25) is 9.10 Å². The monoisotopic (exact) mass is 467 g/mol. The average molecular weight is 468 g/mol. The molecule has 0 atom stereocenters. The summed E-state index contributed by atoms with van der Waals surface area (Å²) in [4.78, 5) is 12.8. The molecule has 0 unspecified atom stereocenters. The number of hydrazone groups is 1. The van der Waals surface area contributed by atoms with Crippen LogP contribution in [0.15, 0.2) is 88.9 Å². The Kier molecular flexibility index (Phi) is 7.68. The number of carbonyl (C=O) groups excluding carboxylic acids is 1. The summed E-state index contributed by atoms with van der Waals surface area (Å²) < 4.78 is 38.6. The van der Waals surface area contributed by atoms with E-state index in [0.29, 0.717) is 11.5 Å². The number of ether oxygens (including phenoxy) is 2. The van der Waals surface area contributed by atoms with Crippen LogP contribution in [-0.4, -0.2) is 40.8 Å². The van der Waals surface area contributed by atoms with E-state index in [9.17, 15) is 13.2 Å². The number of hydrogen-bond donors (Lipinski definition) is 1. The first-order valence-electron chi connectivity index (χ1n) is 10.0. The minimum atomic E-state index is -4.11. The van der Waals surface area contributed by atoms with Gasteiger partial charge >= 0.3 is 0 Å². The van der Waals surface area contributed by atoms with Crippen LogP contribution in [0.1, 0.15) is 12.5 Å². The summed E-state index contributed by atoms with van der Waals surface area (Å²) in [5.41, 5.74) is 4.03. The van der Waals surface area contributed by atoms with Crippen molar-refractivity contribution in [1.29, 1.82) is 0 Å². The fourth-order valence-corrected chi connectivity index (χ4v) is 4.51. The van der Waals surface area contributed by atoms with Crippen molar-refractivity contribution >= 4 is 27.3 Å². The Bertz CT molecular complexity index is 1230. The number of carbonyl (C=O) groups is 1. The highest BCUT2D eigenvalue weighted by molar-refractivity contribution is 7.92. The third-order valence-corrected chi connectivity index (χ3v) is 6.59. The van der Waals surface area contributed by atoms with Gasteiger partial charge in [-0.2, -0.15) is 5.10 Å². The number of benzene rings is 3. The van der Waals surface area contributed by atoms with Gasteiger partial charge in [-0.05, 0) is 36.8 Å². The van der Waals surface area contributed by atoms with Crippen molar-refractivity contribution in [2.24, 2.45) is 5.10 Å². The topological polar surface area (TPSA) is 97.3 Å². The normalized spacial score (nSPS) is 11.5. The van der Waals surface area contributed by atoms with Crippen LogP contribution < -0.4 is 19.2 Å². The molecule has 0 saturated carbocycles. The Hall–Kier alpha value is -3.85. The molecule has 172 valence electrons. The van der Waals surface area contributed by atoms with Gasteiger partial charge in [0.15, 0.2) is 0 Å². The van der Waals surface area contributed by atoms with Crippen LogP contribution >= 0.6 is 0 Å². The minimum absolute atomic E-state index is 0.0339. The van der Waals surface area contributed by atoms with Gasteiger partial charge in [0.05, 0.1) is 30.5 Å². The van der Waals surface area contributed by atoms with Crippen LogP contribution in [0, 0.1) is 0 Å². The van der Waals surface area contributed by atoms with Crippen LogP contribution in [-0.2, 0) is 14.8 Å². The van der Waals surface area contributed by atoms with E-state index in [0.717, 1.165) is 9.87 Å². The van der Waals surface area contributed by atoms with Crippen LogP contribution in [0.25, 0.3) is 0 Å². The molecule has 3 aromatic rings. The van der Waals surface area contributed by atoms with Crippen LogP contribution in [0.3, 0.4) is 0 Å². The molecule has 0 aromatic heterocycles. The maximum atomic E-state index is 13.5. The molecule has 0 aliphatic rings. The lowest BCUT2D eigenvalue weighted by Crippen LogP contribution is -2.40. The molecule has 0 bridgehead atoms. The number of nitrogens with one attached hydrogen (secondary N) is 1. The highest BCUT2D eigenvalue weighted by atomic mass is 32.2. The first-order chi connectivity index (χ1) is 15.9. The summed E-state index contributed by atoms with van der Waals surface area (Å²) in [6.07, 6.45) is 0. The highest BCUT2D eigenvalue weighted by Crippen LogP contribution is 2.35. The zero-order valence-corrected chi connectivity index (χ0v) is 19.4. The minimum Gasteiger partial charge on any atom is -0.497 e. The molecule has 0 aliphatic heterocycles. The van der Waals surface area contributed by atoms with E-state index in [1.807, 2.05) is 30.3 Å². The molecule has 33 heavy (non-hydrogen) atoms. The Morgan fingerprint density at radius 2 is 1.58 bits per heavy atom. The van der Waals surface area contributed by atoms with E-state index < -0.39 is 22.5 Å². The number of amides is 1. The molecule has 0 heterocycles. The number of rotatable bonds is 9. The maximum absolute atomic E-state index is 13.5. The number of sulfonamides is 1. The third-order valence-electron chi connectivity index (χ3n) is 4.81. The van der Waals surface area contributed by atoms with Crippen molar-refractivity contribution in [3.8, 4) is 11.5 Å². The lowest BCUT2D eigenvalue weighted by atomic mass is 10.1. The van der Waals surface area contributed by atoms with E-state index in [1.54, 1.807) is 37.3 Å². The Morgan fingerprint density at radius 3 is 2.18 bits per heavy atom. The molecular weight excluding hydrogens is 442 g/mol. The third kappa shape index (κ3) is 5.69. The van der Waals surface area contributed by atoms with E-state index in [-0.39, 0.29) is 16.3 Å². The number of hydrogen-bond acceptors (Lipinski definition) is 6. The second kappa shape index (κ2) is 10.6. The summed E-state index contributed by atoms with van der Waals surface area (Å²) in [5.74, 6) is 0.0687. The highest BCUT2D eigenvalue weighted by Gasteiger charge is 2.29. The first kappa shape index (κ1) is 23.8. The van der Waals surface area contributed by atoms with Crippen molar-refractivity contribution < 1.29 is 22.7 Å². The lowest BCUT2D eigenvalue weighted by molar-refractivity contribution is -0.119. The van der Waals surface area contributed by atoms with Gasteiger partial charge in [0.25, 0.3) is 15.9 Å². The zero-order chi connectivity index (χ0) is 23.8. The first-order valence-corrected chi connectivity index (χ1v) is 11.5. The smallest absolute Gasteiger partial charge is 0.264 e. The predicted molar refractivity (Wildman–Crippen MR) is 127 cm³/mol. The summed E-state index contributed by atoms with van der Waals surface area (Å²) >= 11 is 0. The second-order valence-corrected chi connectivity index (χ2v) is 8.82. The molecule has 0 fully saturated rings. The van der Waals surface area contributed by atoms with Crippen molar-refractivity contribution in [3.05, 3.63) is 84.4 Å². The molecule has 3 rings (SSSR count). The molecule has 1 amide bonds. The summed E-state index contributed by atoms with van der Waals surface area (Å²) in [6, 6.07) is 21.9. The van der Waals surface area contributed by atoms with Crippen molar-refractivity contribution in [1.82, 2.24) is 5.43 Å². The Labute approximate surface area is 193 Å². The lowest BCUT2D eigenvalue weighted by Gasteiger charge is -2.25.